The molecular formula is C22H18N2O4S. The van der Waals surface area contributed by atoms with Crippen LogP contribution in [-0.2, 0) is 11.4 Å². The summed E-state index contributed by atoms with van der Waals surface area (Å²) in [6, 6.07) is 16.3. The summed E-state index contributed by atoms with van der Waals surface area (Å²) in [6.07, 6.45) is 1.40. The van der Waals surface area contributed by atoms with Crippen molar-refractivity contribution in [2.75, 3.05) is 4.90 Å². The topological polar surface area (TPSA) is 72.6 Å². The monoisotopic (exact) mass is 406 g/mol. The number of carbonyl (C=O) groups is 2. The highest BCUT2D eigenvalue weighted by atomic mass is 32.1. The van der Waals surface area contributed by atoms with E-state index in [4.69, 9.17) is 9.15 Å². The van der Waals surface area contributed by atoms with Crippen molar-refractivity contribution in [1.29, 1.82) is 0 Å². The first kappa shape index (κ1) is 18.9. The Hall–Kier alpha value is -3.45. The Labute approximate surface area is 171 Å². The van der Waals surface area contributed by atoms with E-state index < -0.39 is 11.8 Å². The van der Waals surface area contributed by atoms with Crippen LogP contribution in [0.25, 0.3) is 10.2 Å². The van der Waals surface area contributed by atoms with Crippen LogP contribution in [0.3, 0.4) is 0 Å². The molecule has 0 aliphatic rings. The fourth-order valence-electron chi connectivity index (χ4n) is 3.03. The summed E-state index contributed by atoms with van der Waals surface area (Å²) in [7, 11) is 0. The second-order valence-electron chi connectivity index (χ2n) is 6.45. The number of ether oxygens (including phenoxy) is 1. The molecule has 2 aromatic carbocycles. The van der Waals surface area contributed by atoms with Crippen molar-refractivity contribution in [1.82, 2.24) is 4.98 Å². The molecule has 7 heteroatoms. The number of fused-ring (bicyclic) bond motifs is 1. The van der Waals surface area contributed by atoms with E-state index >= 15 is 0 Å². The lowest BCUT2D eigenvalue weighted by Gasteiger charge is -2.20. The van der Waals surface area contributed by atoms with Crippen LogP contribution in [-0.4, -0.2) is 16.8 Å². The molecule has 0 spiro atoms. The molecule has 0 bridgehead atoms. The molecule has 0 fully saturated rings. The van der Waals surface area contributed by atoms with Crippen LogP contribution >= 0.6 is 11.3 Å². The maximum Gasteiger partial charge on any atom is 0.300 e. The number of hydrogen-bond acceptors (Lipinski definition) is 6. The number of rotatable bonds is 5. The van der Waals surface area contributed by atoms with E-state index in [-0.39, 0.29) is 5.76 Å². The van der Waals surface area contributed by atoms with E-state index in [1.54, 1.807) is 35.6 Å². The Kier molecular flexibility index (Phi) is 5.14. The van der Waals surface area contributed by atoms with Crippen LogP contribution in [0.4, 0.5) is 5.69 Å². The van der Waals surface area contributed by atoms with Crippen molar-refractivity contribution in [2.45, 2.75) is 20.5 Å². The molecule has 0 saturated heterocycles. The molecule has 4 aromatic rings. The molecule has 0 aliphatic heterocycles. The van der Waals surface area contributed by atoms with Gasteiger partial charge >= 0.3 is 5.91 Å². The number of imide groups is 1. The van der Waals surface area contributed by atoms with Gasteiger partial charge in [-0.25, -0.2) is 9.88 Å². The number of carbonyl (C=O) groups excluding carboxylic acids is 2. The number of para-hydroxylation sites is 1. The average molecular weight is 406 g/mol. The number of furan rings is 1. The minimum Gasteiger partial charge on any atom is -0.486 e. The second-order valence-corrected chi connectivity index (χ2v) is 7.56. The summed E-state index contributed by atoms with van der Waals surface area (Å²) in [5.74, 6) is -0.151. The number of benzene rings is 2. The van der Waals surface area contributed by atoms with Crippen LogP contribution in [0.1, 0.15) is 28.0 Å². The van der Waals surface area contributed by atoms with Gasteiger partial charge in [0, 0.05) is 6.92 Å². The van der Waals surface area contributed by atoms with Gasteiger partial charge in [0.05, 0.1) is 22.2 Å². The Morgan fingerprint density at radius 3 is 2.66 bits per heavy atom. The predicted molar refractivity (Wildman–Crippen MR) is 111 cm³/mol. The zero-order valence-electron chi connectivity index (χ0n) is 15.9. The van der Waals surface area contributed by atoms with E-state index in [0.29, 0.717) is 18.0 Å². The predicted octanol–water partition coefficient (Wildman–Crippen LogP) is 4.97. The third-order valence-electron chi connectivity index (χ3n) is 4.36. The molecule has 0 atom stereocenters. The molecule has 0 saturated carbocycles. The van der Waals surface area contributed by atoms with Crippen molar-refractivity contribution in [3.05, 3.63) is 77.2 Å². The molecular weight excluding hydrogens is 388 g/mol. The van der Waals surface area contributed by atoms with E-state index in [9.17, 15) is 9.59 Å². The van der Waals surface area contributed by atoms with Crippen LogP contribution in [0.2, 0.25) is 0 Å². The molecule has 2 aromatic heterocycles. The fourth-order valence-corrected chi connectivity index (χ4v) is 3.91. The standard InChI is InChI=1S/C22H18N2O4S/c1-14-12-16(28-13-21-23-17-6-3-4-8-20(17)29-21)9-10-18(14)24(15(2)25)22(26)19-7-5-11-27-19/h3-12H,13H2,1-2H3. The number of anilines is 1. The lowest BCUT2D eigenvalue weighted by Crippen LogP contribution is -2.35. The fraction of sp³-hybridized carbons (Fsp3) is 0.136. The summed E-state index contributed by atoms with van der Waals surface area (Å²) in [5.41, 5.74) is 2.18. The van der Waals surface area contributed by atoms with Crippen LogP contribution < -0.4 is 9.64 Å². The zero-order chi connectivity index (χ0) is 20.4. The Morgan fingerprint density at radius 1 is 1.14 bits per heavy atom. The number of thiazole rings is 1. The van der Waals surface area contributed by atoms with Crippen molar-refractivity contribution in [3.63, 3.8) is 0 Å². The molecule has 29 heavy (non-hydrogen) atoms. The highest BCUT2D eigenvalue weighted by molar-refractivity contribution is 7.18. The molecule has 6 nitrogen and oxygen atoms in total. The Morgan fingerprint density at radius 2 is 1.97 bits per heavy atom. The number of aryl methyl sites for hydroxylation is 1. The van der Waals surface area contributed by atoms with Crippen LogP contribution in [0.5, 0.6) is 5.75 Å². The molecule has 0 aliphatic carbocycles. The third kappa shape index (κ3) is 3.90. The third-order valence-corrected chi connectivity index (χ3v) is 5.37. The van der Waals surface area contributed by atoms with Gasteiger partial charge in [0.15, 0.2) is 5.76 Å². The van der Waals surface area contributed by atoms with Gasteiger partial charge in [0.25, 0.3) is 0 Å². The molecule has 146 valence electrons. The van der Waals surface area contributed by atoms with Gasteiger partial charge in [-0.15, -0.1) is 11.3 Å². The quantitative estimate of drug-likeness (QED) is 0.468. The summed E-state index contributed by atoms with van der Waals surface area (Å²) in [5, 5.41) is 0.881. The Balaban J connectivity index is 1.53. The van der Waals surface area contributed by atoms with Crippen molar-refractivity contribution >= 4 is 39.1 Å². The second kappa shape index (κ2) is 7.89. The minimum atomic E-state index is -0.506. The lowest BCUT2D eigenvalue weighted by molar-refractivity contribution is -0.116. The van der Waals surface area contributed by atoms with Gasteiger partial charge in [-0.1, -0.05) is 12.1 Å². The van der Waals surface area contributed by atoms with Gasteiger partial charge in [-0.3, -0.25) is 9.59 Å². The Bertz CT molecular complexity index is 1150. The summed E-state index contributed by atoms with van der Waals surface area (Å²) in [6.45, 7) is 3.52. The number of amides is 2. The van der Waals surface area contributed by atoms with Gasteiger partial charge in [0.2, 0.25) is 5.91 Å². The van der Waals surface area contributed by atoms with Crippen LogP contribution in [0, 0.1) is 6.92 Å². The van der Waals surface area contributed by atoms with Crippen molar-refractivity contribution in [3.8, 4) is 5.75 Å². The largest absolute Gasteiger partial charge is 0.486 e. The summed E-state index contributed by atoms with van der Waals surface area (Å²) < 4.78 is 12.1. The van der Waals surface area contributed by atoms with Gasteiger partial charge in [-0.05, 0) is 55.0 Å². The molecule has 2 amide bonds. The zero-order valence-corrected chi connectivity index (χ0v) is 16.7. The summed E-state index contributed by atoms with van der Waals surface area (Å²) >= 11 is 1.59. The average Bonchev–Trinajstić information content (AvgIpc) is 3.37. The van der Waals surface area contributed by atoms with Gasteiger partial charge in [0.1, 0.15) is 17.4 Å². The molecule has 4 rings (SSSR count). The maximum absolute atomic E-state index is 12.7. The van der Waals surface area contributed by atoms with E-state index in [1.807, 2.05) is 31.2 Å². The van der Waals surface area contributed by atoms with Gasteiger partial charge in [-0.2, -0.15) is 0 Å². The van der Waals surface area contributed by atoms with Gasteiger partial charge < -0.3 is 9.15 Å². The van der Waals surface area contributed by atoms with Crippen molar-refractivity contribution < 1.29 is 18.7 Å². The first-order valence-electron chi connectivity index (χ1n) is 8.99. The summed E-state index contributed by atoms with van der Waals surface area (Å²) in [4.78, 5) is 30.5. The molecule has 0 unspecified atom stereocenters. The molecule has 2 heterocycles. The highest BCUT2D eigenvalue weighted by Crippen LogP contribution is 2.28. The first-order chi connectivity index (χ1) is 14.0. The SMILES string of the molecule is CC(=O)N(C(=O)c1ccco1)c1ccc(OCc2nc3ccccc3s2)cc1C. The minimum absolute atomic E-state index is 0.107. The number of hydrogen-bond donors (Lipinski definition) is 0. The number of aromatic nitrogens is 1. The van der Waals surface area contributed by atoms with E-state index in [1.165, 1.54) is 19.3 Å². The normalized spacial score (nSPS) is 10.8. The van der Waals surface area contributed by atoms with E-state index in [2.05, 4.69) is 4.98 Å². The first-order valence-corrected chi connectivity index (χ1v) is 9.81. The molecule has 0 radical (unpaired) electrons. The van der Waals surface area contributed by atoms with Crippen molar-refractivity contribution in [2.24, 2.45) is 0 Å². The lowest BCUT2D eigenvalue weighted by atomic mass is 10.1. The molecule has 0 N–H and O–H groups in total. The maximum atomic E-state index is 12.7. The highest BCUT2D eigenvalue weighted by Gasteiger charge is 2.25. The van der Waals surface area contributed by atoms with Crippen LogP contribution in [0.15, 0.2) is 65.3 Å². The smallest absolute Gasteiger partial charge is 0.300 e. The number of nitrogens with zero attached hydrogens (tertiary/aromatic N) is 2. The van der Waals surface area contributed by atoms with E-state index in [0.717, 1.165) is 25.7 Å².